The Kier molecular flexibility index (Phi) is 7.20. The molecule has 0 heterocycles. The molecule has 1 unspecified atom stereocenters. The molecule has 1 aromatic carbocycles. The monoisotopic (exact) mass is 310 g/mol. The molecule has 1 aliphatic carbocycles. The van der Waals surface area contributed by atoms with E-state index >= 15 is 0 Å². The van der Waals surface area contributed by atoms with E-state index in [4.69, 9.17) is 5.73 Å². The van der Waals surface area contributed by atoms with Crippen LogP contribution in [0.2, 0.25) is 0 Å². The van der Waals surface area contributed by atoms with Crippen LogP contribution >= 0.6 is 12.4 Å². The van der Waals surface area contributed by atoms with Crippen LogP contribution in [0.5, 0.6) is 0 Å². The van der Waals surface area contributed by atoms with Crippen molar-refractivity contribution < 1.29 is 4.79 Å². The smallest absolute Gasteiger partial charge is 0.227 e. The minimum Gasteiger partial charge on any atom is -0.354 e. The molecule has 21 heavy (non-hydrogen) atoms. The standard InChI is InChI=1S/C17H26N2O.ClH/c1-2-15(14-9-5-3-6-10-14)16(20)19-13-17(18)11-7-4-8-12-17;/h3,5-6,9-10,15H,2,4,7-8,11-13,18H2,1H3,(H,19,20);1H. The molecule has 3 nitrogen and oxygen atoms in total. The van der Waals surface area contributed by atoms with Crippen LogP contribution in [0.4, 0.5) is 0 Å². The average molecular weight is 311 g/mol. The first-order chi connectivity index (χ1) is 9.64. The van der Waals surface area contributed by atoms with E-state index in [1.807, 2.05) is 30.3 Å². The van der Waals surface area contributed by atoms with Crippen LogP contribution in [0.15, 0.2) is 30.3 Å². The van der Waals surface area contributed by atoms with E-state index in [1.165, 1.54) is 19.3 Å². The van der Waals surface area contributed by atoms with Gasteiger partial charge in [0.1, 0.15) is 0 Å². The van der Waals surface area contributed by atoms with E-state index in [2.05, 4.69) is 12.2 Å². The second-order valence-corrected chi connectivity index (χ2v) is 6.01. The van der Waals surface area contributed by atoms with Crippen LogP contribution in [-0.2, 0) is 4.79 Å². The second-order valence-electron chi connectivity index (χ2n) is 6.01. The fraction of sp³-hybridized carbons (Fsp3) is 0.588. The molecule has 1 aromatic rings. The molecule has 1 fully saturated rings. The Bertz CT molecular complexity index is 430. The molecule has 1 saturated carbocycles. The highest BCUT2D eigenvalue weighted by atomic mass is 35.5. The first-order valence-corrected chi connectivity index (χ1v) is 7.76. The maximum atomic E-state index is 12.4. The third-order valence-corrected chi connectivity index (χ3v) is 4.39. The number of benzene rings is 1. The Morgan fingerprint density at radius 2 is 1.86 bits per heavy atom. The third-order valence-electron chi connectivity index (χ3n) is 4.39. The van der Waals surface area contributed by atoms with Gasteiger partial charge in [-0.1, -0.05) is 56.5 Å². The molecule has 4 heteroatoms. The normalized spacial score (nSPS) is 18.4. The maximum absolute atomic E-state index is 12.4. The number of rotatable bonds is 5. The SMILES string of the molecule is CCC(C(=O)NCC1(N)CCCCC1)c1ccccc1.Cl. The third kappa shape index (κ3) is 5.01. The van der Waals surface area contributed by atoms with Crippen molar-refractivity contribution in [1.29, 1.82) is 0 Å². The molecule has 1 atom stereocenters. The van der Waals surface area contributed by atoms with Crippen molar-refractivity contribution in [3.8, 4) is 0 Å². The van der Waals surface area contributed by atoms with Crippen molar-refractivity contribution >= 4 is 18.3 Å². The molecule has 2 rings (SSSR count). The Morgan fingerprint density at radius 3 is 2.43 bits per heavy atom. The van der Waals surface area contributed by atoms with Crippen LogP contribution in [0.3, 0.4) is 0 Å². The topological polar surface area (TPSA) is 55.1 Å². The molecule has 1 aliphatic rings. The summed E-state index contributed by atoms with van der Waals surface area (Å²) in [5.41, 5.74) is 7.27. The van der Waals surface area contributed by atoms with Crippen LogP contribution < -0.4 is 11.1 Å². The highest BCUT2D eigenvalue weighted by Gasteiger charge is 2.29. The maximum Gasteiger partial charge on any atom is 0.227 e. The molecule has 0 bridgehead atoms. The van der Waals surface area contributed by atoms with E-state index in [9.17, 15) is 4.79 Å². The molecule has 0 saturated heterocycles. The highest BCUT2D eigenvalue weighted by Crippen LogP contribution is 2.26. The number of halogens is 1. The molecule has 0 radical (unpaired) electrons. The summed E-state index contributed by atoms with van der Waals surface area (Å²) >= 11 is 0. The van der Waals surface area contributed by atoms with E-state index in [1.54, 1.807) is 0 Å². The summed E-state index contributed by atoms with van der Waals surface area (Å²) in [6.07, 6.45) is 6.50. The first-order valence-electron chi connectivity index (χ1n) is 7.76. The molecule has 1 amide bonds. The van der Waals surface area contributed by atoms with Crippen molar-refractivity contribution in [2.75, 3.05) is 6.54 Å². The van der Waals surface area contributed by atoms with E-state index < -0.39 is 0 Å². The molecule has 118 valence electrons. The first kappa shape index (κ1) is 18.0. The zero-order valence-electron chi connectivity index (χ0n) is 12.8. The minimum absolute atomic E-state index is 0. The quantitative estimate of drug-likeness (QED) is 0.876. The lowest BCUT2D eigenvalue weighted by Gasteiger charge is -2.34. The zero-order chi connectivity index (χ0) is 14.4. The number of hydrogen-bond donors (Lipinski definition) is 2. The second kappa shape index (κ2) is 8.40. The summed E-state index contributed by atoms with van der Waals surface area (Å²) in [6, 6.07) is 9.98. The van der Waals surface area contributed by atoms with Gasteiger partial charge < -0.3 is 11.1 Å². The number of nitrogens with one attached hydrogen (secondary N) is 1. The fourth-order valence-corrected chi connectivity index (χ4v) is 3.08. The highest BCUT2D eigenvalue weighted by molar-refractivity contribution is 5.85. The zero-order valence-corrected chi connectivity index (χ0v) is 13.6. The Balaban J connectivity index is 0.00000220. The van der Waals surface area contributed by atoms with E-state index in [0.717, 1.165) is 24.8 Å². The molecule has 0 spiro atoms. The molecule has 0 aliphatic heterocycles. The number of nitrogens with two attached hydrogens (primary N) is 1. The van der Waals surface area contributed by atoms with Gasteiger partial charge in [0.05, 0.1) is 5.92 Å². The molecular weight excluding hydrogens is 284 g/mol. The largest absolute Gasteiger partial charge is 0.354 e. The summed E-state index contributed by atoms with van der Waals surface area (Å²) in [5.74, 6) is 0.0393. The average Bonchev–Trinajstić information content (AvgIpc) is 2.48. The van der Waals surface area contributed by atoms with Gasteiger partial charge in [0.2, 0.25) is 5.91 Å². The summed E-state index contributed by atoms with van der Waals surface area (Å²) < 4.78 is 0. The van der Waals surface area contributed by atoms with Gasteiger partial charge in [0.25, 0.3) is 0 Å². The lowest BCUT2D eigenvalue weighted by molar-refractivity contribution is -0.123. The molecule has 3 N–H and O–H groups in total. The Morgan fingerprint density at radius 1 is 1.24 bits per heavy atom. The van der Waals surface area contributed by atoms with Gasteiger partial charge in [0.15, 0.2) is 0 Å². The van der Waals surface area contributed by atoms with Crippen molar-refractivity contribution in [1.82, 2.24) is 5.32 Å². The van der Waals surface area contributed by atoms with Gasteiger partial charge in [-0.2, -0.15) is 0 Å². The number of hydrogen-bond acceptors (Lipinski definition) is 2. The lowest BCUT2D eigenvalue weighted by atomic mass is 9.82. The molecular formula is C17H27ClN2O. The van der Waals surface area contributed by atoms with Crippen LogP contribution in [-0.4, -0.2) is 18.0 Å². The summed E-state index contributed by atoms with van der Waals surface area (Å²) in [5, 5.41) is 3.08. The van der Waals surface area contributed by atoms with Gasteiger partial charge in [-0.15, -0.1) is 12.4 Å². The lowest BCUT2D eigenvalue weighted by Crippen LogP contribution is -2.51. The van der Waals surface area contributed by atoms with Crippen LogP contribution in [0.25, 0.3) is 0 Å². The predicted octanol–water partition coefficient (Wildman–Crippen LogP) is 3.38. The Hall–Kier alpha value is -1.06. The van der Waals surface area contributed by atoms with Crippen molar-refractivity contribution in [3.05, 3.63) is 35.9 Å². The van der Waals surface area contributed by atoms with Crippen LogP contribution in [0, 0.1) is 0 Å². The Labute approximate surface area is 134 Å². The summed E-state index contributed by atoms with van der Waals surface area (Å²) in [7, 11) is 0. The summed E-state index contributed by atoms with van der Waals surface area (Å²) in [6.45, 7) is 2.66. The van der Waals surface area contributed by atoms with Crippen molar-refractivity contribution in [3.63, 3.8) is 0 Å². The predicted molar refractivity (Wildman–Crippen MR) is 89.7 cm³/mol. The van der Waals surface area contributed by atoms with Gasteiger partial charge in [-0.25, -0.2) is 0 Å². The molecule has 0 aromatic heterocycles. The van der Waals surface area contributed by atoms with E-state index in [0.29, 0.717) is 6.54 Å². The van der Waals surface area contributed by atoms with Gasteiger partial charge >= 0.3 is 0 Å². The number of carbonyl (C=O) groups is 1. The summed E-state index contributed by atoms with van der Waals surface area (Å²) in [4.78, 5) is 12.4. The minimum atomic E-state index is -0.192. The van der Waals surface area contributed by atoms with Gasteiger partial charge in [0, 0.05) is 12.1 Å². The van der Waals surface area contributed by atoms with Crippen molar-refractivity contribution in [2.24, 2.45) is 5.73 Å². The van der Waals surface area contributed by atoms with E-state index in [-0.39, 0.29) is 29.8 Å². The van der Waals surface area contributed by atoms with Crippen molar-refractivity contribution in [2.45, 2.75) is 56.9 Å². The van der Waals surface area contributed by atoms with Crippen LogP contribution in [0.1, 0.15) is 56.9 Å². The number of carbonyl (C=O) groups excluding carboxylic acids is 1. The number of amides is 1. The van der Waals surface area contributed by atoms with Gasteiger partial charge in [-0.05, 0) is 24.8 Å². The fourth-order valence-electron chi connectivity index (χ4n) is 3.08. The van der Waals surface area contributed by atoms with Gasteiger partial charge in [-0.3, -0.25) is 4.79 Å².